The van der Waals surface area contributed by atoms with Crippen LogP contribution in [-0.2, 0) is 0 Å². The molecular formula is C7H8BrN3O. The molecule has 0 saturated carbocycles. The molecule has 0 aliphatic heterocycles. The summed E-state index contributed by atoms with van der Waals surface area (Å²) in [5.74, 6) is 0. The van der Waals surface area contributed by atoms with Crippen LogP contribution in [0.25, 0.3) is 0 Å². The molecule has 64 valence electrons. The van der Waals surface area contributed by atoms with Crippen LogP contribution in [0.5, 0.6) is 0 Å². The molecule has 0 aliphatic carbocycles. The second kappa shape index (κ2) is 3.96. The zero-order valence-electron chi connectivity index (χ0n) is 6.20. The summed E-state index contributed by atoms with van der Waals surface area (Å²) < 4.78 is 1.37. The summed E-state index contributed by atoms with van der Waals surface area (Å²) in [5, 5.41) is 0. The van der Waals surface area contributed by atoms with E-state index in [1.54, 1.807) is 0 Å². The maximum atomic E-state index is 10.4. The molecular weight excluding hydrogens is 222 g/mol. The molecule has 12 heavy (non-hydrogen) atoms. The van der Waals surface area contributed by atoms with Crippen molar-refractivity contribution in [3.63, 3.8) is 0 Å². The number of para-hydroxylation sites is 1. The van der Waals surface area contributed by atoms with Gasteiger partial charge in [-0.25, -0.2) is 14.3 Å². The SMILES string of the molecule is NC(=O)NN(Br)c1ccccc1. The van der Waals surface area contributed by atoms with Crippen LogP contribution in [0.2, 0.25) is 0 Å². The number of carbonyl (C=O) groups is 1. The number of primary amides is 1. The molecule has 5 heteroatoms. The number of nitrogens with zero attached hydrogens (tertiary/aromatic N) is 1. The van der Waals surface area contributed by atoms with E-state index < -0.39 is 6.03 Å². The van der Waals surface area contributed by atoms with Crippen LogP contribution in [0.4, 0.5) is 10.5 Å². The lowest BCUT2D eigenvalue weighted by atomic mass is 10.3. The predicted octanol–water partition coefficient (Wildman–Crippen LogP) is 1.39. The van der Waals surface area contributed by atoms with E-state index in [-0.39, 0.29) is 0 Å². The van der Waals surface area contributed by atoms with Crippen molar-refractivity contribution in [3.8, 4) is 0 Å². The summed E-state index contributed by atoms with van der Waals surface area (Å²) in [6, 6.07) is 8.62. The van der Waals surface area contributed by atoms with Crippen molar-refractivity contribution in [2.24, 2.45) is 5.73 Å². The number of nitrogens with one attached hydrogen (secondary N) is 1. The lowest BCUT2D eigenvalue weighted by molar-refractivity contribution is 0.250. The highest BCUT2D eigenvalue weighted by atomic mass is 79.9. The number of halogens is 1. The second-order valence-corrected chi connectivity index (χ2v) is 2.80. The Bertz CT molecular complexity index is 265. The summed E-state index contributed by atoms with van der Waals surface area (Å²) in [5.41, 5.74) is 8.06. The normalized spacial score (nSPS) is 9.08. The molecule has 1 aromatic carbocycles. The maximum absolute atomic E-state index is 10.4. The van der Waals surface area contributed by atoms with Crippen molar-refractivity contribution in [1.29, 1.82) is 0 Å². The molecule has 0 saturated heterocycles. The first-order valence-electron chi connectivity index (χ1n) is 3.27. The van der Waals surface area contributed by atoms with Crippen molar-refractivity contribution in [1.82, 2.24) is 5.43 Å². The summed E-state index contributed by atoms with van der Waals surface area (Å²) in [4.78, 5) is 10.4. The van der Waals surface area contributed by atoms with Gasteiger partial charge in [-0.1, -0.05) is 18.2 Å². The second-order valence-electron chi connectivity index (χ2n) is 2.09. The third-order valence-corrected chi connectivity index (χ3v) is 1.78. The van der Waals surface area contributed by atoms with Gasteiger partial charge in [-0.15, -0.1) is 0 Å². The molecule has 1 rings (SSSR count). The molecule has 0 aromatic heterocycles. The fourth-order valence-electron chi connectivity index (χ4n) is 0.720. The van der Waals surface area contributed by atoms with Gasteiger partial charge >= 0.3 is 6.03 Å². The fourth-order valence-corrected chi connectivity index (χ4v) is 1.13. The van der Waals surface area contributed by atoms with Crippen molar-refractivity contribution >= 4 is 27.9 Å². The van der Waals surface area contributed by atoms with E-state index in [9.17, 15) is 4.79 Å². The first-order valence-corrected chi connectivity index (χ1v) is 3.98. The molecule has 0 spiro atoms. The predicted molar refractivity (Wildman–Crippen MR) is 50.6 cm³/mol. The number of amides is 2. The third kappa shape index (κ3) is 2.43. The topological polar surface area (TPSA) is 58.4 Å². The zero-order chi connectivity index (χ0) is 8.97. The van der Waals surface area contributed by atoms with Crippen molar-refractivity contribution in [3.05, 3.63) is 30.3 Å². The van der Waals surface area contributed by atoms with Crippen molar-refractivity contribution < 1.29 is 4.79 Å². The van der Waals surface area contributed by atoms with Gasteiger partial charge in [0.1, 0.15) is 0 Å². The summed E-state index contributed by atoms with van der Waals surface area (Å²) in [6.07, 6.45) is 0. The van der Waals surface area contributed by atoms with Gasteiger partial charge in [-0.05, 0) is 12.1 Å². The number of nitrogens with two attached hydrogens (primary N) is 1. The molecule has 0 fully saturated rings. The highest BCUT2D eigenvalue weighted by Gasteiger charge is 2.01. The van der Waals surface area contributed by atoms with Crippen LogP contribution in [0.15, 0.2) is 30.3 Å². The lowest BCUT2D eigenvalue weighted by Crippen LogP contribution is -2.38. The Morgan fingerprint density at radius 3 is 2.50 bits per heavy atom. The lowest BCUT2D eigenvalue weighted by Gasteiger charge is -2.14. The van der Waals surface area contributed by atoms with Gasteiger partial charge in [0.2, 0.25) is 0 Å². The maximum Gasteiger partial charge on any atom is 0.331 e. The van der Waals surface area contributed by atoms with Gasteiger partial charge in [-0.2, -0.15) is 0 Å². The average molecular weight is 230 g/mol. The van der Waals surface area contributed by atoms with E-state index in [4.69, 9.17) is 5.73 Å². The molecule has 3 N–H and O–H groups in total. The summed E-state index contributed by atoms with van der Waals surface area (Å²) in [6.45, 7) is 0. The highest BCUT2D eigenvalue weighted by Crippen LogP contribution is 2.13. The third-order valence-electron chi connectivity index (χ3n) is 1.19. The van der Waals surface area contributed by atoms with Gasteiger partial charge in [0, 0.05) is 0 Å². The van der Waals surface area contributed by atoms with E-state index in [0.717, 1.165) is 5.69 Å². The van der Waals surface area contributed by atoms with Crippen LogP contribution < -0.4 is 15.2 Å². The van der Waals surface area contributed by atoms with E-state index in [0.29, 0.717) is 0 Å². The van der Waals surface area contributed by atoms with Crippen molar-refractivity contribution in [2.45, 2.75) is 0 Å². The number of carbonyl (C=O) groups excluding carboxylic acids is 1. The van der Waals surface area contributed by atoms with E-state index in [1.165, 1.54) is 4.03 Å². The van der Waals surface area contributed by atoms with Crippen LogP contribution in [0.3, 0.4) is 0 Å². The smallest absolute Gasteiger partial charge is 0.331 e. The number of hydrazine groups is 1. The minimum atomic E-state index is -0.615. The number of hydrogen-bond donors (Lipinski definition) is 2. The summed E-state index contributed by atoms with van der Waals surface area (Å²) in [7, 11) is 0. The number of hydrogen-bond acceptors (Lipinski definition) is 2. The van der Waals surface area contributed by atoms with Crippen LogP contribution >= 0.6 is 16.1 Å². The number of benzene rings is 1. The number of anilines is 1. The molecule has 0 aliphatic rings. The highest BCUT2D eigenvalue weighted by molar-refractivity contribution is 9.10. The standard InChI is InChI=1S/C7H8BrN3O/c8-11(10-7(9)12)6-4-2-1-3-5-6/h1-5H,(H3,9,10,12). The first kappa shape index (κ1) is 8.86. The molecule has 0 bridgehead atoms. The van der Waals surface area contributed by atoms with Crippen LogP contribution in [0, 0.1) is 0 Å². The van der Waals surface area contributed by atoms with E-state index in [2.05, 4.69) is 21.6 Å². The molecule has 2 amide bonds. The Morgan fingerprint density at radius 2 is 2.00 bits per heavy atom. The largest absolute Gasteiger partial charge is 0.350 e. The number of urea groups is 1. The van der Waals surface area contributed by atoms with Gasteiger partial charge in [0.05, 0.1) is 21.8 Å². The summed E-state index contributed by atoms with van der Waals surface area (Å²) >= 11 is 3.11. The molecule has 0 heterocycles. The van der Waals surface area contributed by atoms with Gasteiger partial charge in [-0.3, -0.25) is 0 Å². The average Bonchev–Trinajstić information content (AvgIpc) is 2.05. The minimum Gasteiger partial charge on any atom is -0.350 e. The Morgan fingerprint density at radius 1 is 1.42 bits per heavy atom. The Kier molecular flexibility index (Phi) is 2.93. The van der Waals surface area contributed by atoms with E-state index >= 15 is 0 Å². The molecule has 1 aromatic rings. The Labute approximate surface area is 78.7 Å². The fraction of sp³-hybridized carbons (Fsp3) is 0. The van der Waals surface area contributed by atoms with Crippen LogP contribution in [-0.4, -0.2) is 6.03 Å². The molecule has 0 radical (unpaired) electrons. The Balaban J connectivity index is 2.65. The molecule has 4 nitrogen and oxygen atoms in total. The van der Waals surface area contributed by atoms with Crippen molar-refractivity contribution in [2.75, 3.05) is 4.03 Å². The van der Waals surface area contributed by atoms with Crippen LogP contribution in [0.1, 0.15) is 0 Å². The van der Waals surface area contributed by atoms with Gasteiger partial charge in [0.25, 0.3) is 0 Å². The van der Waals surface area contributed by atoms with Gasteiger partial charge in [0.15, 0.2) is 0 Å². The number of rotatable bonds is 2. The zero-order valence-corrected chi connectivity index (χ0v) is 7.78. The van der Waals surface area contributed by atoms with E-state index in [1.807, 2.05) is 30.3 Å². The Hall–Kier alpha value is -1.23. The first-order chi connectivity index (χ1) is 5.70. The molecule has 0 unspecified atom stereocenters. The minimum absolute atomic E-state index is 0.615. The van der Waals surface area contributed by atoms with Gasteiger partial charge < -0.3 is 5.73 Å². The molecule has 0 atom stereocenters. The quantitative estimate of drug-likeness (QED) is 0.595. The monoisotopic (exact) mass is 229 g/mol.